The average molecular weight is 322 g/mol. The van der Waals surface area contributed by atoms with Gasteiger partial charge in [-0.3, -0.25) is 4.79 Å². The number of benzene rings is 1. The van der Waals surface area contributed by atoms with E-state index in [1.807, 2.05) is 18.2 Å². The Morgan fingerprint density at radius 1 is 1.11 bits per heavy atom. The van der Waals surface area contributed by atoms with Crippen LogP contribution in [0, 0.1) is 0 Å². The zero-order chi connectivity index (χ0) is 13.3. The molecule has 3 heteroatoms. The number of nitrogens with one attached hydrogen (secondary N) is 1. The van der Waals surface area contributed by atoms with Crippen LogP contribution in [0.5, 0.6) is 0 Å². The molecule has 2 nitrogen and oxygen atoms in total. The molecular formula is C16H20BrNO. The summed E-state index contributed by atoms with van der Waals surface area (Å²) in [5, 5.41) is 3.28. The van der Waals surface area contributed by atoms with Gasteiger partial charge in [0.25, 0.3) is 0 Å². The van der Waals surface area contributed by atoms with Gasteiger partial charge in [0.15, 0.2) is 0 Å². The van der Waals surface area contributed by atoms with Gasteiger partial charge in [0.2, 0.25) is 5.91 Å². The topological polar surface area (TPSA) is 29.1 Å². The van der Waals surface area contributed by atoms with E-state index in [9.17, 15) is 4.79 Å². The first-order chi connectivity index (χ1) is 9.21. The SMILES string of the molecule is O=C(NC1CCC(Br)CC1)C1(c2ccccc2)CC1. The van der Waals surface area contributed by atoms with Gasteiger partial charge in [0, 0.05) is 10.9 Å². The summed E-state index contributed by atoms with van der Waals surface area (Å²) in [5.41, 5.74) is 0.966. The molecule has 0 bridgehead atoms. The second-order valence-corrected chi connectivity index (χ2v) is 7.17. The van der Waals surface area contributed by atoms with Gasteiger partial charge in [-0.25, -0.2) is 0 Å². The number of amides is 1. The van der Waals surface area contributed by atoms with Crippen molar-refractivity contribution in [3.8, 4) is 0 Å². The van der Waals surface area contributed by atoms with Crippen LogP contribution < -0.4 is 5.32 Å². The number of rotatable bonds is 3. The van der Waals surface area contributed by atoms with Crippen LogP contribution in [0.2, 0.25) is 0 Å². The van der Waals surface area contributed by atoms with E-state index in [-0.39, 0.29) is 11.3 Å². The number of carbonyl (C=O) groups excluding carboxylic acids is 1. The summed E-state index contributed by atoms with van der Waals surface area (Å²) < 4.78 is 0. The van der Waals surface area contributed by atoms with Gasteiger partial charge in [-0.2, -0.15) is 0 Å². The largest absolute Gasteiger partial charge is 0.353 e. The van der Waals surface area contributed by atoms with Crippen LogP contribution in [-0.4, -0.2) is 16.8 Å². The van der Waals surface area contributed by atoms with Crippen molar-refractivity contribution in [2.75, 3.05) is 0 Å². The van der Waals surface area contributed by atoms with Crippen LogP contribution in [0.4, 0.5) is 0 Å². The minimum absolute atomic E-state index is 0.216. The summed E-state index contributed by atoms with van der Waals surface area (Å²) in [5.74, 6) is 0.247. The van der Waals surface area contributed by atoms with Crippen LogP contribution in [-0.2, 0) is 10.2 Å². The summed E-state index contributed by atoms with van der Waals surface area (Å²) in [6.07, 6.45) is 6.54. The molecule has 0 heterocycles. The number of carbonyl (C=O) groups is 1. The van der Waals surface area contributed by atoms with E-state index in [0.29, 0.717) is 10.9 Å². The molecule has 0 aromatic heterocycles. The summed E-state index contributed by atoms with van der Waals surface area (Å²) in [6, 6.07) is 10.6. The van der Waals surface area contributed by atoms with E-state index in [2.05, 4.69) is 33.4 Å². The van der Waals surface area contributed by atoms with E-state index >= 15 is 0 Å². The highest BCUT2D eigenvalue weighted by Crippen LogP contribution is 2.48. The lowest BCUT2D eigenvalue weighted by molar-refractivity contribution is -0.124. The van der Waals surface area contributed by atoms with Crippen LogP contribution >= 0.6 is 15.9 Å². The molecular weight excluding hydrogens is 302 g/mol. The normalized spacial score (nSPS) is 28.7. The van der Waals surface area contributed by atoms with Crippen molar-refractivity contribution in [3.05, 3.63) is 35.9 Å². The average Bonchev–Trinajstić information content (AvgIpc) is 3.24. The van der Waals surface area contributed by atoms with E-state index in [4.69, 9.17) is 0 Å². The second-order valence-electron chi connectivity index (χ2n) is 5.87. The fraction of sp³-hybridized carbons (Fsp3) is 0.562. The van der Waals surface area contributed by atoms with Crippen molar-refractivity contribution >= 4 is 21.8 Å². The lowest BCUT2D eigenvalue weighted by Gasteiger charge is -2.28. The fourth-order valence-corrected chi connectivity index (χ4v) is 3.58. The lowest BCUT2D eigenvalue weighted by atomic mass is 9.92. The molecule has 19 heavy (non-hydrogen) atoms. The quantitative estimate of drug-likeness (QED) is 0.848. The van der Waals surface area contributed by atoms with Crippen LogP contribution in [0.25, 0.3) is 0 Å². The number of halogens is 1. The molecule has 1 N–H and O–H groups in total. The maximum atomic E-state index is 12.6. The predicted octanol–water partition coefficient (Wildman–Crippen LogP) is 3.54. The summed E-state index contributed by atoms with van der Waals surface area (Å²) >= 11 is 3.66. The molecule has 0 unspecified atom stereocenters. The molecule has 1 aromatic rings. The highest BCUT2D eigenvalue weighted by atomic mass is 79.9. The molecule has 0 aliphatic heterocycles. The number of alkyl halides is 1. The Kier molecular flexibility index (Phi) is 3.66. The van der Waals surface area contributed by atoms with E-state index < -0.39 is 0 Å². The Bertz CT molecular complexity index is 447. The van der Waals surface area contributed by atoms with Crippen molar-refractivity contribution in [1.82, 2.24) is 5.32 Å². The smallest absolute Gasteiger partial charge is 0.230 e. The molecule has 1 amide bonds. The number of hydrogen-bond donors (Lipinski definition) is 1. The third kappa shape index (κ3) is 2.71. The minimum Gasteiger partial charge on any atom is -0.353 e. The van der Waals surface area contributed by atoms with E-state index in [1.54, 1.807) is 0 Å². The summed E-state index contributed by atoms with van der Waals surface area (Å²) in [6.45, 7) is 0. The Balaban J connectivity index is 1.65. The minimum atomic E-state index is -0.216. The van der Waals surface area contributed by atoms with E-state index in [1.165, 1.54) is 18.4 Å². The molecule has 2 aliphatic carbocycles. The van der Waals surface area contributed by atoms with Crippen molar-refractivity contribution in [2.24, 2.45) is 0 Å². The molecule has 0 radical (unpaired) electrons. The second kappa shape index (κ2) is 5.28. The maximum absolute atomic E-state index is 12.6. The first-order valence-corrected chi connectivity index (χ1v) is 8.13. The van der Waals surface area contributed by atoms with Gasteiger partial charge < -0.3 is 5.32 Å². The summed E-state index contributed by atoms with van der Waals surface area (Å²) in [7, 11) is 0. The standard InChI is InChI=1S/C16H20BrNO/c17-13-6-8-14(9-7-13)18-15(19)16(10-11-16)12-4-2-1-3-5-12/h1-5,13-14H,6-11H2,(H,18,19). The first kappa shape index (κ1) is 13.2. The molecule has 102 valence electrons. The third-order valence-electron chi connectivity index (χ3n) is 4.50. The molecule has 2 saturated carbocycles. The zero-order valence-corrected chi connectivity index (χ0v) is 12.7. The highest BCUT2D eigenvalue weighted by molar-refractivity contribution is 9.09. The zero-order valence-electron chi connectivity index (χ0n) is 11.1. The summed E-state index contributed by atoms with van der Waals surface area (Å²) in [4.78, 5) is 13.2. The lowest BCUT2D eigenvalue weighted by Crippen LogP contribution is -2.43. The molecule has 2 fully saturated rings. The molecule has 2 aliphatic rings. The molecule has 1 aromatic carbocycles. The Labute approximate surface area is 123 Å². The first-order valence-electron chi connectivity index (χ1n) is 7.21. The van der Waals surface area contributed by atoms with Gasteiger partial charge in [-0.05, 0) is 44.1 Å². The van der Waals surface area contributed by atoms with Crippen LogP contribution in [0.3, 0.4) is 0 Å². The van der Waals surface area contributed by atoms with Gasteiger partial charge in [-0.15, -0.1) is 0 Å². The van der Waals surface area contributed by atoms with Gasteiger partial charge >= 0.3 is 0 Å². The highest BCUT2D eigenvalue weighted by Gasteiger charge is 2.51. The fourth-order valence-electron chi connectivity index (χ4n) is 3.05. The van der Waals surface area contributed by atoms with Gasteiger partial charge in [0.1, 0.15) is 0 Å². The predicted molar refractivity (Wildman–Crippen MR) is 80.5 cm³/mol. The van der Waals surface area contributed by atoms with Crippen LogP contribution in [0.15, 0.2) is 30.3 Å². The van der Waals surface area contributed by atoms with Crippen molar-refractivity contribution in [2.45, 2.75) is 54.8 Å². The molecule has 0 saturated heterocycles. The van der Waals surface area contributed by atoms with Gasteiger partial charge in [0.05, 0.1) is 5.41 Å². The number of hydrogen-bond acceptors (Lipinski definition) is 1. The Morgan fingerprint density at radius 2 is 1.74 bits per heavy atom. The Hall–Kier alpha value is -0.830. The van der Waals surface area contributed by atoms with Crippen molar-refractivity contribution < 1.29 is 4.79 Å². The maximum Gasteiger partial charge on any atom is 0.230 e. The molecule has 3 rings (SSSR count). The Morgan fingerprint density at radius 3 is 2.32 bits per heavy atom. The van der Waals surface area contributed by atoms with Gasteiger partial charge in [-0.1, -0.05) is 46.3 Å². The molecule has 0 spiro atoms. The molecule has 0 atom stereocenters. The van der Waals surface area contributed by atoms with Crippen LogP contribution in [0.1, 0.15) is 44.1 Å². The van der Waals surface area contributed by atoms with Crippen molar-refractivity contribution in [1.29, 1.82) is 0 Å². The van der Waals surface area contributed by atoms with Crippen molar-refractivity contribution in [3.63, 3.8) is 0 Å². The monoisotopic (exact) mass is 321 g/mol. The van der Waals surface area contributed by atoms with E-state index in [0.717, 1.165) is 25.7 Å². The third-order valence-corrected chi connectivity index (χ3v) is 5.42.